The maximum Gasteiger partial charge on any atom is 0.357 e. The molecule has 94 valence electrons. The van der Waals surface area contributed by atoms with Gasteiger partial charge in [0.15, 0.2) is 0 Å². The largest absolute Gasteiger partial charge is 0.399 e. The van der Waals surface area contributed by atoms with Gasteiger partial charge in [-0.3, -0.25) is 9.27 Å². The van der Waals surface area contributed by atoms with Gasteiger partial charge >= 0.3 is 10.3 Å². The van der Waals surface area contributed by atoms with E-state index in [9.17, 15) is 8.42 Å². The maximum atomic E-state index is 10.9. The Kier molecular flexibility index (Phi) is 3.22. The van der Waals surface area contributed by atoms with Crippen LogP contribution in [0.15, 0.2) is 48.5 Å². The van der Waals surface area contributed by atoms with Gasteiger partial charge in [-0.1, -0.05) is 30.3 Å². The third kappa shape index (κ3) is 2.99. The highest BCUT2D eigenvalue weighted by molar-refractivity contribution is 7.87. The highest BCUT2D eigenvalue weighted by Gasteiger charge is 2.10. The summed E-state index contributed by atoms with van der Waals surface area (Å²) in [4.78, 5) is 0. The van der Waals surface area contributed by atoms with Crippen LogP contribution in [0.25, 0.3) is 11.1 Å². The number of nitrogen functional groups attached to an aromatic ring is 1. The summed E-state index contributed by atoms with van der Waals surface area (Å²) in [6.45, 7) is 0. The first-order chi connectivity index (χ1) is 8.46. The van der Waals surface area contributed by atoms with Crippen molar-refractivity contribution >= 4 is 21.7 Å². The molecule has 0 saturated carbocycles. The van der Waals surface area contributed by atoms with Crippen molar-refractivity contribution in [1.29, 1.82) is 0 Å². The Balaban J connectivity index is 2.55. The number of rotatable bonds is 3. The molecule has 0 bridgehead atoms. The zero-order valence-electron chi connectivity index (χ0n) is 9.37. The monoisotopic (exact) mass is 264 g/mol. The molecule has 2 aromatic rings. The van der Waals surface area contributed by atoms with E-state index in [4.69, 9.17) is 10.3 Å². The summed E-state index contributed by atoms with van der Waals surface area (Å²) in [6.07, 6.45) is 0. The molecule has 0 aliphatic carbocycles. The Morgan fingerprint density at radius 1 is 1.06 bits per heavy atom. The number of nitrogens with one attached hydrogen (secondary N) is 1. The van der Waals surface area contributed by atoms with Crippen LogP contribution >= 0.6 is 0 Å². The minimum absolute atomic E-state index is 0.276. The highest BCUT2D eigenvalue weighted by Crippen LogP contribution is 2.30. The third-order valence-corrected chi connectivity index (χ3v) is 2.85. The summed E-state index contributed by atoms with van der Waals surface area (Å²) in [5, 5.41) is 0. The van der Waals surface area contributed by atoms with Crippen molar-refractivity contribution in [3.8, 4) is 11.1 Å². The lowest BCUT2D eigenvalue weighted by atomic mass is 10.0. The molecule has 0 heterocycles. The number of hydrogen-bond acceptors (Lipinski definition) is 3. The molecule has 0 fully saturated rings. The van der Waals surface area contributed by atoms with Crippen molar-refractivity contribution in [2.45, 2.75) is 0 Å². The van der Waals surface area contributed by atoms with Crippen LogP contribution in [-0.2, 0) is 10.3 Å². The van der Waals surface area contributed by atoms with Crippen molar-refractivity contribution in [3.63, 3.8) is 0 Å². The minimum Gasteiger partial charge on any atom is -0.399 e. The topological polar surface area (TPSA) is 92.4 Å². The Labute approximate surface area is 105 Å². The lowest BCUT2D eigenvalue weighted by molar-refractivity contribution is 0.490. The van der Waals surface area contributed by atoms with Gasteiger partial charge in [-0.05, 0) is 23.8 Å². The van der Waals surface area contributed by atoms with E-state index in [0.29, 0.717) is 11.3 Å². The number of hydrogen-bond donors (Lipinski definition) is 3. The average Bonchev–Trinajstić information content (AvgIpc) is 2.31. The fraction of sp³-hybridized carbons (Fsp3) is 0. The lowest BCUT2D eigenvalue weighted by Crippen LogP contribution is -2.11. The van der Waals surface area contributed by atoms with E-state index in [1.165, 1.54) is 6.07 Å². The molecule has 5 nitrogen and oxygen atoms in total. The molecule has 0 saturated heterocycles. The molecule has 18 heavy (non-hydrogen) atoms. The summed E-state index contributed by atoms with van der Waals surface area (Å²) in [5.41, 5.74) is 7.88. The molecular formula is C12H12N2O3S. The van der Waals surface area contributed by atoms with Crippen LogP contribution < -0.4 is 10.5 Å². The first-order valence-corrected chi connectivity index (χ1v) is 6.60. The van der Waals surface area contributed by atoms with Crippen LogP contribution in [0.4, 0.5) is 11.4 Å². The first kappa shape index (κ1) is 12.4. The third-order valence-electron chi connectivity index (χ3n) is 2.37. The van der Waals surface area contributed by atoms with E-state index in [0.717, 1.165) is 5.56 Å². The summed E-state index contributed by atoms with van der Waals surface area (Å²) < 4.78 is 32.7. The van der Waals surface area contributed by atoms with E-state index in [-0.39, 0.29) is 5.69 Å². The Morgan fingerprint density at radius 3 is 2.33 bits per heavy atom. The molecular weight excluding hydrogens is 252 g/mol. The fourth-order valence-corrected chi connectivity index (χ4v) is 2.10. The predicted octanol–water partition coefficient (Wildman–Crippen LogP) is 2.15. The van der Waals surface area contributed by atoms with E-state index < -0.39 is 10.3 Å². The summed E-state index contributed by atoms with van der Waals surface area (Å²) in [6, 6.07) is 13.9. The highest BCUT2D eigenvalue weighted by atomic mass is 32.2. The molecule has 6 heteroatoms. The van der Waals surface area contributed by atoms with Crippen LogP contribution in [0.5, 0.6) is 0 Å². The van der Waals surface area contributed by atoms with Gasteiger partial charge in [0.05, 0.1) is 5.69 Å². The summed E-state index contributed by atoms with van der Waals surface area (Å²) in [7, 11) is -4.31. The molecule has 0 aromatic heterocycles. The molecule has 0 atom stereocenters. The number of anilines is 2. The Morgan fingerprint density at radius 2 is 1.72 bits per heavy atom. The van der Waals surface area contributed by atoms with Gasteiger partial charge in [-0.2, -0.15) is 8.42 Å². The van der Waals surface area contributed by atoms with E-state index in [2.05, 4.69) is 0 Å². The molecule has 0 spiro atoms. The van der Waals surface area contributed by atoms with Crippen molar-refractivity contribution in [1.82, 2.24) is 0 Å². The zero-order chi connectivity index (χ0) is 13.2. The standard InChI is InChI=1S/C12H12N2O3S/c13-10-6-7-12(14-18(15,16)17)11(8-10)9-4-2-1-3-5-9/h1-8,14H,13H2,(H,15,16,17). The maximum absolute atomic E-state index is 10.9. The van der Waals surface area contributed by atoms with Crippen LogP contribution in [0.3, 0.4) is 0 Å². The molecule has 0 amide bonds. The van der Waals surface area contributed by atoms with E-state index in [1.54, 1.807) is 12.1 Å². The molecule has 2 aromatic carbocycles. The van der Waals surface area contributed by atoms with Crippen molar-refractivity contribution < 1.29 is 13.0 Å². The van der Waals surface area contributed by atoms with Crippen LogP contribution in [0.1, 0.15) is 0 Å². The molecule has 0 radical (unpaired) electrons. The van der Waals surface area contributed by atoms with E-state index >= 15 is 0 Å². The van der Waals surface area contributed by atoms with Gasteiger partial charge in [0, 0.05) is 11.3 Å². The number of nitrogens with two attached hydrogens (primary N) is 1. The van der Waals surface area contributed by atoms with Gasteiger partial charge in [0.1, 0.15) is 0 Å². The number of benzene rings is 2. The van der Waals surface area contributed by atoms with E-state index in [1.807, 2.05) is 35.1 Å². The van der Waals surface area contributed by atoms with Gasteiger partial charge in [0.25, 0.3) is 0 Å². The zero-order valence-corrected chi connectivity index (χ0v) is 10.2. The Bertz CT molecular complexity index is 654. The smallest absolute Gasteiger partial charge is 0.357 e. The molecule has 0 aliphatic heterocycles. The van der Waals surface area contributed by atoms with Crippen LogP contribution in [-0.4, -0.2) is 13.0 Å². The molecule has 0 aliphatic rings. The van der Waals surface area contributed by atoms with Crippen LogP contribution in [0, 0.1) is 0 Å². The minimum atomic E-state index is -4.31. The lowest BCUT2D eigenvalue weighted by Gasteiger charge is -2.11. The normalized spacial score (nSPS) is 11.2. The van der Waals surface area contributed by atoms with Gasteiger partial charge in [0.2, 0.25) is 0 Å². The van der Waals surface area contributed by atoms with Gasteiger partial charge in [-0.25, -0.2) is 0 Å². The summed E-state index contributed by atoms with van der Waals surface area (Å²) in [5.74, 6) is 0. The SMILES string of the molecule is Nc1ccc(NS(=O)(=O)O)c(-c2ccccc2)c1. The second-order valence-electron chi connectivity index (χ2n) is 3.75. The predicted molar refractivity (Wildman–Crippen MR) is 71.5 cm³/mol. The quantitative estimate of drug-likeness (QED) is 0.585. The average molecular weight is 264 g/mol. The van der Waals surface area contributed by atoms with Crippen molar-refractivity contribution in [2.24, 2.45) is 0 Å². The van der Waals surface area contributed by atoms with Crippen molar-refractivity contribution in [3.05, 3.63) is 48.5 Å². The van der Waals surface area contributed by atoms with Crippen LogP contribution in [0.2, 0.25) is 0 Å². The Hall–Kier alpha value is -2.05. The van der Waals surface area contributed by atoms with Crippen molar-refractivity contribution in [2.75, 3.05) is 10.5 Å². The molecule has 4 N–H and O–H groups in total. The molecule has 2 rings (SSSR count). The molecule has 0 unspecified atom stereocenters. The fourth-order valence-electron chi connectivity index (χ4n) is 1.65. The second kappa shape index (κ2) is 4.67. The van der Waals surface area contributed by atoms with Gasteiger partial charge in [-0.15, -0.1) is 0 Å². The van der Waals surface area contributed by atoms with Gasteiger partial charge < -0.3 is 5.73 Å². The second-order valence-corrected chi connectivity index (χ2v) is 4.90. The first-order valence-electron chi connectivity index (χ1n) is 5.16. The summed E-state index contributed by atoms with van der Waals surface area (Å²) >= 11 is 0.